The Balaban J connectivity index is 1.44. The van der Waals surface area contributed by atoms with E-state index in [4.69, 9.17) is 5.73 Å². The molecule has 4 heteroatoms. The van der Waals surface area contributed by atoms with Gasteiger partial charge in [-0.15, -0.1) is 0 Å². The molecule has 0 spiro atoms. The fraction of sp³-hybridized carbons (Fsp3) is 0.938. The number of hydrogen-bond acceptors (Lipinski definition) is 3. The van der Waals surface area contributed by atoms with Crippen molar-refractivity contribution in [3.05, 3.63) is 0 Å². The maximum Gasteiger partial charge on any atom is 0.224 e. The highest BCUT2D eigenvalue weighted by Crippen LogP contribution is 2.33. The number of hydrogen-bond donors (Lipinski definition) is 2. The SMILES string of the molecule is CC1(N)CCCCC1C(=O)NCC1CCN(C2CC2)C1. The molecule has 3 N–H and O–H groups in total. The van der Waals surface area contributed by atoms with E-state index < -0.39 is 0 Å². The molecule has 4 nitrogen and oxygen atoms in total. The number of nitrogens with zero attached hydrogens (tertiary/aromatic N) is 1. The maximum absolute atomic E-state index is 12.4. The van der Waals surface area contributed by atoms with Gasteiger partial charge in [-0.25, -0.2) is 0 Å². The lowest BCUT2D eigenvalue weighted by Gasteiger charge is -2.37. The summed E-state index contributed by atoms with van der Waals surface area (Å²) in [5.74, 6) is 0.851. The standard InChI is InChI=1S/C16H29N3O/c1-16(17)8-3-2-4-14(16)15(20)18-10-12-7-9-19(11-12)13-5-6-13/h12-14H,2-11,17H2,1H3,(H,18,20). The smallest absolute Gasteiger partial charge is 0.224 e. The highest BCUT2D eigenvalue weighted by atomic mass is 16.1. The number of carbonyl (C=O) groups excluding carboxylic acids is 1. The summed E-state index contributed by atoms with van der Waals surface area (Å²) >= 11 is 0. The van der Waals surface area contributed by atoms with Crippen LogP contribution in [0.25, 0.3) is 0 Å². The van der Waals surface area contributed by atoms with E-state index in [1.807, 2.05) is 6.92 Å². The topological polar surface area (TPSA) is 58.4 Å². The molecule has 3 unspecified atom stereocenters. The summed E-state index contributed by atoms with van der Waals surface area (Å²) in [6, 6.07) is 0.862. The zero-order chi connectivity index (χ0) is 14.2. The lowest BCUT2D eigenvalue weighted by molar-refractivity contribution is -0.128. The van der Waals surface area contributed by atoms with Crippen molar-refractivity contribution < 1.29 is 4.79 Å². The van der Waals surface area contributed by atoms with Crippen LogP contribution in [0.4, 0.5) is 0 Å². The van der Waals surface area contributed by atoms with E-state index in [0.717, 1.165) is 38.3 Å². The quantitative estimate of drug-likeness (QED) is 0.820. The van der Waals surface area contributed by atoms with Gasteiger partial charge < -0.3 is 16.0 Å². The molecule has 2 aliphatic carbocycles. The van der Waals surface area contributed by atoms with Crippen LogP contribution < -0.4 is 11.1 Å². The van der Waals surface area contributed by atoms with Crippen LogP contribution in [0.5, 0.6) is 0 Å². The lowest BCUT2D eigenvalue weighted by atomic mass is 9.74. The minimum atomic E-state index is -0.307. The van der Waals surface area contributed by atoms with Crippen LogP contribution >= 0.6 is 0 Å². The second kappa shape index (κ2) is 5.64. The molecule has 0 radical (unpaired) electrons. The minimum absolute atomic E-state index is 0.0113. The van der Waals surface area contributed by atoms with Gasteiger partial charge in [-0.3, -0.25) is 4.79 Å². The van der Waals surface area contributed by atoms with Gasteiger partial charge in [-0.05, 0) is 51.5 Å². The normalized spacial score (nSPS) is 38.9. The molecule has 20 heavy (non-hydrogen) atoms. The molecular weight excluding hydrogens is 250 g/mol. The molecule has 1 saturated heterocycles. The van der Waals surface area contributed by atoms with E-state index in [-0.39, 0.29) is 17.4 Å². The third kappa shape index (κ3) is 3.17. The molecule has 1 aliphatic heterocycles. The first-order chi connectivity index (χ1) is 9.56. The van der Waals surface area contributed by atoms with Crippen LogP contribution in [0.3, 0.4) is 0 Å². The number of nitrogens with two attached hydrogens (primary N) is 1. The first kappa shape index (κ1) is 14.3. The average molecular weight is 279 g/mol. The Bertz CT molecular complexity index is 365. The maximum atomic E-state index is 12.4. The fourth-order valence-electron chi connectivity index (χ4n) is 3.96. The van der Waals surface area contributed by atoms with Gasteiger partial charge in [0.05, 0.1) is 5.92 Å². The Morgan fingerprint density at radius 1 is 1.30 bits per heavy atom. The Morgan fingerprint density at radius 2 is 2.10 bits per heavy atom. The number of carbonyl (C=O) groups is 1. The molecule has 114 valence electrons. The van der Waals surface area contributed by atoms with Gasteiger partial charge in [0.2, 0.25) is 5.91 Å². The Hall–Kier alpha value is -0.610. The van der Waals surface area contributed by atoms with Crippen LogP contribution in [0, 0.1) is 11.8 Å². The molecule has 1 amide bonds. The molecule has 0 bridgehead atoms. The van der Waals surface area contributed by atoms with Crippen molar-refractivity contribution in [1.29, 1.82) is 0 Å². The molecule has 0 aromatic rings. The van der Waals surface area contributed by atoms with Crippen LogP contribution in [-0.2, 0) is 4.79 Å². The van der Waals surface area contributed by atoms with E-state index >= 15 is 0 Å². The number of nitrogens with one attached hydrogen (secondary N) is 1. The van der Waals surface area contributed by atoms with Gasteiger partial charge >= 0.3 is 0 Å². The summed E-state index contributed by atoms with van der Waals surface area (Å²) in [5.41, 5.74) is 6.00. The molecular formula is C16H29N3O. The van der Waals surface area contributed by atoms with E-state index in [1.165, 1.54) is 32.4 Å². The lowest BCUT2D eigenvalue weighted by Crippen LogP contribution is -2.53. The third-order valence-corrected chi connectivity index (χ3v) is 5.52. The van der Waals surface area contributed by atoms with Gasteiger partial charge in [0, 0.05) is 24.7 Å². The highest BCUT2D eigenvalue weighted by Gasteiger charge is 2.38. The summed E-state index contributed by atoms with van der Waals surface area (Å²) in [7, 11) is 0. The predicted octanol–water partition coefficient (Wildman–Crippen LogP) is 1.49. The van der Waals surface area contributed by atoms with Gasteiger partial charge in [0.25, 0.3) is 0 Å². The molecule has 3 fully saturated rings. The first-order valence-electron chi connectivity index (χ1n) is 8.37. The number of amides is 1. The van der Waals surface area contributed by atoms with Gasteiger partial charge in [0.1, 0.15) is 0 Å². The fourth-order valence-corrected chi connectivity index (χ4v) is 3.96. The second-order valence-corrected chi connectivity index (χ2v) is 7.43. The van der Waals surface area contributed by atoms with Crippen molar-refractivity contribution in [2.75, 3.05) is 19.6 Å². The van der Waals surface area contributed by atoms with E-state index in [0.29, 0.717) is 5.92 Å². The third-order valence-electron chi connectivity index (χ3n) is 5.52. The summed E-state index contributed by atoms with van der Waals surface area (Å²) in [5, 5.41) is 3.18. The van der Waals surface area contributed by atoms with Crippen LogP contribution in [-0.4, -0.2) is 42.0 Å². The number of rotatable bonds is 4. The molecule has 0 aromatic carbocycles. The average Bonchev–Trinajstić information content (AvgIpc) is 3.15. The summed E-state index contributed by atoms with van der Waals surface area (Å²) in [6.07, 6.45) is 8.24. The van der Waals surface area contributed by atoms with Crippen molar-refractivity contribution in [1.82, 2.24) is 10.2 Å². The summed E-state index contributed by atoms with van der Waals surface area (Å²) in [6.45, 7) is 5.29. The Kier molecular flexibility index (Phi) is 4.04. The van der Waals surface area contributed by atoms with Gasteiger partial charge in [-0.1, -0.05) is 12.8 Å². The van der Waals surface area contributed by atoms with Crippen molar-refractivity contribution >= 4 is 5.91 Å². The monoisotopic (exact) mass is 279 g/mol. The molecule has 3 rings (SSSR count). The van der Waals surface area contributed by atoms with Gasteiger partial charge in [-0.2, -0.15) is 0 Å². The highest BCUT2D eigenvalue weighted by molar-refractivity contribution is 5.80. The summed E-state index contributed by atoms with van der Waals surface area (Å²) in [4.78, 5) is 15.0. The first-order valence-corrected chi connectivity index (χ1v) is 8.37. The van der Waals surface area contributed by atoms with E-state index in [2.05, 4.69) is 10.2 Å². The number of likely N-dealkylation sites (tertiary alicyclic amines) is 1. The van der Waals surface area contributed by atoms with Crippen molar-refractivity contribution in [2.24, 2.45) is 17.6 Å². The second-order valence-electron chi connectivity index (χ2n) is 7.43. The zero-order valence-corrected chi connectivity index (χ0v) is 12.7. The van der Waals surface area contributed by atoms with Gasteiger partial charge in [0.15, 0.2) is 0 Å². The van der Waals surface area contributed by atoms with Crippen LogP contribution in [0.1, 0.15) is 51.9 Å². The Morgan fingerprint density at radius 3 is 2.80 bits per heavy atom. The molecule has 2 saturated carbocycles. The molecule has 1 heterocycles. The van der Waals surface area contributed by atoms with Crippen molar-refractivity contribution in [2.45, 2.75) is 63.5 Å². The van der Waals surface area contributed by atoms with Crippen LogP contribution in [0.15, 0.2) is 0 Å². The minimum Gasteiger partial charge on any atom is -0.355 e. The van der Waals surface area contributed by atoms with Crippen LogP contribution in [0.2, 0.25) is 0 Å². The van der Waals surface area contributed by atoms with Crippen molar-refractivity contribution in [3.63, 3.8) is 0 Å². The Labute approximate surface area is 122 Å². The zero-order valence-electron chi connectivity index (χ0n) is 12.7. The molecule has 0 aromatic heterocycles. The largest absolute Gasteiger partial charge is 0.355 e. The van der Waals surface area contributed by atoms with E-state index in [1.54, 1.807) is 0 Å². The van der Waals surface area contributed by atoms with Crippen molar-refractivity contribution in [3.8, 4) is 0 Å². The molecule has 3 atom stereocenters. The molecule has 3 aliphatic rings. The van der Waals surface area contributed by atoms with E-state index in [9.17, 15) is 4.79 Å². The predicted molar refractivity (Wildman–Crippen MR) is 80.3 cm³/mol. The summed E-state index contributed by atoms with van der Waals surface area (Å²) < 4.78 is 0.